The van der Waals surface area contributed by atoms with E-state index >= 15 is 0 Å². The van der Waals surface area contributed by atoms with Gasteiger partial charge in [0.25, 0.3) is 0 Å². The maximum atomic E-state index is 12.5. The van der Waals surface area contributed by atoms with E-state index in [1.807, 2.05) is 12.1 Å². The summed E-state index contributed by atoms with van der Waals surface area (Å²) in [6.07, 6.45) is 10.2. The molecule has 0 spiro atoms. The van der Waals surface area contributed by atoms with Crippen molar-refractivity contribution in [2.75, 3.05) is 23.7 Å². The zero-order chi connectivity index (χ0) is 20.8. The summed E-state index contributed by atoms with van der Waals surface area (Å²) in [6.45, 7) is 2.21. The van der Waals surface area contributed by atoms with Gasteiger partial charge in [-0.1, -0.05) is 17.7 Å². The molecule has 4 rings (SSSR count). The molecule has 1 saturated heterocycles. The van der Waals surface area contributed by atoms with Crippen LogP contribution in [0.3, 0.4) is 0 Å². The number of nitrogens with one attached hydrogen (secondary N) is 3. The van der Waals surface area contributed by atoms with Crippen LogP contribution in [0.4, 0.5) is 11.6 Å². The molecule has 30 heavy (non-hydrogen) atoms. The minimum atomic E-state index is -0.0560. The third-order valence-electron chi connectivity index (χ3n) is 4.88. The fraction of sp³-hybridized carbons (Fsp3) is 0.286. The molecule has 3 aromatic rings. The lowest BCUT2D eigenvalue weighted by Crippen LogP contribution is -2.37. The summed E-state index contributed by atoms with van der Waals surface area (Å²) in [4.78, 5) is 29.7. The molecule has 1 unspecified atom stereocenters. The van der Waals surface area contributed by atoms with E-state index in [1.165, 1.54) is 6.20 Å². The molecule has 4 heterocycles. The van der Waals surface area contributed by atoms with Gasteiger partial charge in [-0.25, -0.2) is 9.97 Å². The number of pyridine rings is 2. The lowest BCUT2D eigenvalue weighted by atomic mass is 9.99. The zero-order valence-corrected chi connectivity index (χ0v) is 17.1. The first kappa shape index (κ1) is 20.2. The number of carbonyl (C=O) groups is 1. The summed E-state index contributed by atoms with van der Waals surface area (Å²) < 4.78 is 0. The van der Waals surface area contributed by atoms with Crippen molar-refractivity contribution >= 4 is 29.1 Å². The molecular weight excluding hydrogens is 402 g/mol. The van der Waals surface area contributed by atoms with Crippen LogP contribution in [0.25, 0.3) is 11.3 Å². The second kappa shape index (κ2) is 9.60. The number of carbonyl (C=O) groups excluding carboxylic acids is 1. The van der Waals surface area contributed by atoms with E-state index < -0.39 is 0 Å². The molecule has 0 aliphatic carbocycles. The molecule has 9 heteroatoms. The monoisotopic (exact) mass is 423 g/mol. The molecule has 0 radical (unpaired) electrons. The number of piperidine rings is 1. The van der Waals surface area contributed by atoms with Crippen LogP contribution in [-0.2, 0) is 11.3 Å². The molecule has 3 aromatic heterocycles. The Kier molecular flexibility index (Phi) is 6.46. The Bertz CT molecular complexity index is 1010. The van der Waals surface area contributed by atoms with Crippen LogP contribution >= 0.6 is 11.6 Å². The molecule has 1 atom stereocenters. The van der Waals surface area contributed by atoms with Crippen molar-refractivity contribution in [3.8, 4) is 11.3 Å². The predicted molar refractivity (Wildman–Crippen MR) is 116 cm³/mol. The van der Waals surface area contributed by atoms with Gasteiger partial charge in [-0.05, 0) is 37.1 Å². The number of halogens is 1. The van der Waals surface area contributed by atoms with Crippen molar-refractivity contribution < 1.29 is 4.79 Å². The van der Waals surface area contributed by atoms with E-state index in [1.54, 1.807) is 30.9 Å². The molecule has 1 fully saturated rings. The Morgan fingerprint density at radius 1 is 1.20 bits per heavy atom. The highest BCUT2D eigenvalue weighted by Gasteiger charge is 2.21. The van der Waals surface area contributed by atoms with E-state index in [9.17, 15) is 4.79 Å². The Hall–Kier alpha value is -3.10. The van der Waals surface area contributed by atoms with Crippen molar-refractivity contribution in [3.63, 3.8) is 0 Å². The molecular formula is C21H22ClN7O. The highest BCUT2D eigenvalue weighted by atomic mass is 35.5. The average molecular weight is 424 g/mol. The van der Waals surface area contributed by atoms with Crippen molar-refractivity contribution in [3.05, 3.63) is 59.8 Å². The number of nitrogens with zero attached hydrogens (tertiary/aromatic N) is 4. The number of rotatable bonds is 6. The van der Waals surface area contributed by atoms with Crippen molar-refractivity contribution in [1.82, 2.24) is 25.3 Å². The smallest absolute Gasteiger partial charge is 0.229 e. The maximum Gasteiger partial charge on any atom is 0.229 e. The molecule has 1 amide bonds. The Morgan fingerprint density at radius 2 is 2.13 bits per heavy atom. The second-order valence-corrected chi connectivity index (χ2v) is 7.49. The van der Waals surface area contributed by atoms with Crippen molar-refractivity contribution in [1.29, 1.82) is 0 Å². The molecule has 0 bridgehead atoms. The topological polar surface area (TPSA) is 105 Å². The van der Waals surface area contributed by atoms with Gasteiger partial charge in [-0.3, -0.25) is 14.8 Å². The van der Waals surface area contributed by atoms with Crippen LogP contribution < -0.4 is 16.0 Å². The molecule has 154 valence electrons. The fourth-order valence-electron chi connectivity index (χ4n) is 3.28. The first-order valence-electron chi connectivity index (χ1n) is 9.81. The van der Waals surface area contributed by atoms with Crippen LogP contribution in [0.2, 0.25) is 5.02 Å². The predicted octanol–water partition coefficient (Wildman–Crippen LogP) is 3.14. The van der Waals surface area contributed by atoms with Gasteiger partial charge in [0, 0.05) is 37.2 Å². The van der Waals surface area contributed by atoms with Gasteiger partial charge in [0.1, 0.15) is 11.6 Å². The summed E-state index contributed by atoms with van der Waals surface area (Å²) >= 11 is 6.36. The van der Waals surface area contributed by atoms with Crippen LogP contribution in [0.15, 0.2) is 49.2 Å². The van der Waals surface area contributed by atoms with Crippen LogP contribution in [0.1, 0.15) is 18.4 Å². The number of hydrogen-bond acceptors (Lipinski definition) is 7. The second-order valence-electron chi connectivity index (χ2n) is 7.09. The van der Waals surface area contributed by atoms with E-state index in [0.717, 1.165) is 24.9 Å². The highest BCUT2D eigenvalue weighted by molar-refractivity contribution is 6.33. The van der Waals surface area contributed by atoms with E-state index in [4.69, 9.17) is 11.6 Å². The number of hydrogen-bond donors (Lipinski definition) is 3. The molecule has 8 nitrogen and oxygen atoms in total. The lowest BCUT2D eigenvalue weighted by molar-refractivity contribution is -0.120. The summed E-state index contributed by atoms with van der Waals surface area (Å²) in [5.41, 5.74) is 2.28. The minimum Gasteiger partial charge on any atom is -0.365 e. The summed E-state index contributed by atoms with van der Waals surface area (Å²) in [5.74, 6) is 0.962. The maximum absolute atomic E-state index is 12.5. The fourth-order valence-corrected chi connectivity index (χ4v) is 3.48. The van der Waals surface area contributed by atoms with Gasteiger partial charge in [0.15, 0.2) is 0 Å². The normalized spacial score (nSPS) is 16.1. The SMILES string of the molecule is O=C(Nc1cc(-c2cncc(NCc3cccnc3)n2)c(Cl)cn1)C1CCCNC1. The Balaban J connectivity index is 1.49. The van der Waals surface area contributed by atoms with Crippen LogP contribution in [0, 0.1) is 5.92 Å². The highest BCUT2D eigenvalue weighted by Crippen LogP contribution is 2.28. The molecule has 0 saturated carbocycles. The molecule has 1 aliphatic heterocycles. The van der Waals surface area contributed by atoms with Crippen LogP contribution in [-0.4, -0.2) is 38.9 Å². The molecule has 0 aromatic carbocycles. The third kappa shape index (κ3) is 5.08. The minimum absolute atomic E-state index is 0.0408. The van der Waals surface area contributed by atoms with Gasteiger partial charge in [-0.2, -0.15) is 0 Å². The van der Waals surface area contributed by atoms with Crippen LogP contribution in [0.5, 0.6) is 0 Å². The van der Waals surface area contributed by atoms with Gasteiger partial charge in [-0.15, -0.1) is 0 Å². The van der Waals surface area contributed by atoms with Gasteiger partial charge >= 0.3 is 0 Å². The van der Waals surface area contributed by atoms with E-state index in [0.29, 0.717) is 41.0 Å². The average Bonchev–Trinajstić information content (AvgIpc) is 2.80. The summed E-state index contributed by atoms with van der Waals surface area (Å²) in [7, 11) is 0. The standard InChI is InChI=1S/C21H22ClN7O/c22-17-11-27-19(29-21(30)15-4-2-6-24-10-15)7-16(17)18-12-25-13-20(28-18)26-9-14-3-1-5-23-8-14/h1,3,5,7-8,11-13,15,24H,2,4,6,9-10H2,(H,26,28)(H,27,29,30). The quantitative estimate of drug-likeness (QED) is 0.559. The first-order valence-corrected chi connectivity index (χ1v) is 10.2. The number of aromatic nitrogens is 4. The van der Waals surface area contributed by atoms with Gasteiger partial charge < -0.3 is 16.0 Å². The Labute approximate surface area is 179 Å². The molecule has 3 N–H and O–H groups in total. The first-order chi connectivity index (χ1) is 14.7. The van der Waals surface area contributed by atoms with E-state index in [2.05, 4.69) is 35.9 Å². The van der Waals surface area contributed by atoms with Gasteiger partial charge in [0.2, 0.25) is 5.91 Å². The molecule has 1 aliphatic rings. The third-order valence-corrected chi connectivity index (χ3v) is 5.18. The van der Waals surface area contributed by atoms with Gasteiger partial charge in [0.05, 0.1) is 29.0 Å². The largest absolute Gasteiger partial charge is 0.365 e. The number of amides is 1. The summed E-state index contributed by atoms with van der Waals surface area (Å²) in [6, 6.07) is 5.59. The van der Waals surface area contributed by atoms with Crippen molar-refractivity contribution in [2.24, 2.45) is 5.92 Å². The Morgan fingerprint density at radius 3 is 2.93 bits per heavy atom. The van der Waals surface area contributed by atoms with Crippen molar-refractivity contribution in [2.45, 2.75) is 19.4 Å². The van der Waals surface area contributed by atoms with E-state index in [-0.39, 0.29) is 11.8 Å². The number of anilines is 2. The lowest BCUT2D eigenvalue weighted by Gasteiger charge is -2.21. The summed E-state index contributed by atoms with van der Waals surface area (Å²) in [5, 5.41) is 9.80. The zero-order valence-electron chi connectivity index (χ0n) is 16.3.